The van der Waals surface area contributed by atoms with Crippen LogP contribution in [0.5, 0.6) is 23.3 Å². The highest BCUT2D eigenvalue weighted by atomic mass is 35.5. The van der Waals surface area contributed by atoms with E-state index in [1.807, 2.05) is 32.9 Å². The topological polar surface area (TPSA) is 136 Å². The van der Waals surface area contributed by atoms with Gasteiger partial charge >= 0.3 is 0 Å². The van der Waals surface area contributed by atoms with Crippen LogP contribution in [-0.4, -0.2) is 85.9 Å². The fourth-order valence-corrected chi connectivity index (χ4v) is 4.93. The molecule has 48 heavy (non-hydrogen) atoms. The predicted molar refractivity (Wildman–Crippen MR) is 200 cm³/mol. The van der Waals surface area contributed by atoms with Gasteiger partial charge in [0, 0.05) is 64.8 Å². The molecule has 0 aromatic carbocycles. The van der Waals surface area contributed by atoms with Crippen molar-refractivity contribution < 1.29 is 32.6 Å². The standard InChI is InChI=1S/C19H34N2O4S.C15H26N2O3.2ClH/c1-14(2)16(21-26(22)19(3,4)5)11-15-12-17(18(24-7)20-13-15)25-10-8-9-23-6;1-11(2)13(16)8-12-9-14(15(19-4)17-10-12)20-7-5-6-18-3;;/h12-14,16,21H,8-11H2,1-7H3;9-11,13H,5-8,16H2,1-4H3;2*1H/t16-,26-;13-;;/m00../s1. The van der Waals surface area contributed by atoms with Crippen molar-refractivity contribution in [2.75, 3.05) is 54.9 Å². The average molecular weight is 742 g/mol. The maximum atomic E-state index is 12.5. The molecule has 11 nitrogen and oxygen atoms in total. The number of nitrogens with zero attached hydrogens (tertiary/aromatic N) is 2. The molecule has 2 heterocycles. The number of aromatic nitrogens is 2. The van der Waals surface area contributed by atoms with E-state index in [9.17, 15) is 4.21 Å². The molecule has 3 atom stereocenters. The van der Waals surface area contributed by atoms with Crippen molar-refractivity contribution in [2.24, 2.45) is 17.6 Å². The molecule has 0 aliphatic heterocycles. The van der Waals surface area contributed by atoms with E-state index in [1.54, 1.807) is 40.8 Å². The highest BCUT2D eigenvalue weighted by Gasteiger charge is 2.25. The molecule has 0 saturated heterocycles. The van der Waals surface area contributed by atoms with Crippen molar-refractivity contribution in [3.8, 4) is 23.3 Å². The largest absolute Gasteiger partial charge is 0.488 e. The Hall–Kier alpha value is -1.93. The molecule has 14 heteroatoms. The molecule has 0 bridgehead atoms. The monoisotopic (exact) mass is 740 g/mol. The molecule has 0 aliphatic rings. The Kier molecular flexibility index (Phi) is 26.1. The lowest BCUT2D eigenvalue weighted by Gasteiger charge is -2.27. The first kappa shape index (κ1) is 48.2. The van der Waals surface area contributed by atoms with E-state index in [4.69, 9.17) is 34.2 Å². The van der Waals surface area contributed by atoms with Crippen LogP contribution in [0, 0.1) is 11.8 Å². The number of halogens is 2. The van der Waals surface area contributed by atoms with Gasteiger partial charge in [0.05, 0.1) is 43.2 Å². The Morgan fingerprint density at radius 1 is 0.750 bits per heavy atom. The molecular formula is C34H62Cl2N4O7S. The first-order valence-electron chi connectivity index (χ1n) is 16.0. The smallest absolute Gasteiger partial charge is 0.256 e. The number of methoxy groups -OCH3 is 4. The summed E-state index contributed by atoms with van der Waals surface area (Å²) in [6, 6.07) is 4.11. The third-order valence-electron chi connectivity index (χ3n) is 7.04. The van der Waals surface area contributed by atoms with Gasteiger partial charge in [-0.2, -0.15) is 0 Å². The molecule has 0 amide bonds. The van der Waals surface area contributed by atoms with E-state index < -0.39 is 11.0 Å². The summed E-state index contributed by atoms with van der Waals surface area (Å²) in [6.07, 6.45) is 6.70. The highest BCUT2D eigenvalue weighted by Crippen LogP contribution is 2.27. The van der Waals surface area contributed by atoms with E-state index in [0.29, 0.717) is 67.9 Å². The minimum atomic E-state index is -1.12. The minimum Gasteiger partial charge on any atom is -0.488 e. The van der Waals surface area contributed by atoms with Crippen LogP contribution in [0.2, 0.25) is 0 Å². The molecule has 0 radical (unpaired) electrons. The van der Waals surface area contributed by atoms with Crippen LogP contribution in [0.15, 0.2) is 24.5 Å². The second kappa shape index (κ2) is 26.0. The van der Waals surface area contributed by atoms with Gasteiger partial charge in [-0.3, -0.25) is 0 Å². The zero-order valence-electron chi connectivity index (χ0n) is 30.8. The van der Waals surface area contributed by atoms with Crippen molar-refractivity contribution in [2.45, 2.75) is 91.0 Å². The number of ether oxygens (including phenoxy) is 6. The summed E-state index contributed by atoms with van der Waals surface area (Å²) in [6.45, 7) is 16.8. The summed E-state index contributed by atoms with van der Waals surface area (Å²) in [7, 11) is 5.39. The van der Waals surface area contributed by atoms with E-state index in [2.05, 4.69) is 42.4 Å². The first-order chi connectivity index (χ1) is 21.8. The Labute approximate surface area is 304 Å². The molecule has 3 N–H and O–H groups in total. The molecular weight excluding hydrogens is 679 g/mol. The van der Waals surface area contributed by atoms with Gasteiger partial charge in [0.25, 0.3) is 11.8 Å². The summed E-state index contributed by atoms with van der Waals surface area (Å²) in [5.41, 5.74) is 8.17. The maximum Gasteiger partial charge on any atom is 0.256 e. The SMILES string of the molecule is COCCCOc1cc(C[C@H](N)C(C)C)cnc1OC.COCCCOc1cc(C[C@H](N[S@@](=O)C(C)(C)C)C(C)C)cnc1OC.Cl.Cl. The van der Waals surface area contributed by atoms with Crippen LogP contribution in [0.1, 0.15) is 72.4 Å². The molecule has 0 unspecified atom stereocenters. The third kappa shape index (κ3) is 18.7. The van der Waals surface area contributed by atoms with Gasteiger partial charge in [-0.15, -0.1) is 24.8 Å². The van der Waals surface area contributed by atoms with Crippen LogP contribution < -0.4 is 29.4 Å². The van der Waals surface area contributed by atoms with Crippen LogP contribution >= 0.6 is 24.8 Å². The summed E-state index contributed by atoms with van der Waals surface area (Å²) in [5.74, 6) is 3.03. The lowest BCUT2D eigenvalue weighted by atomic mass is 9.98. The van der Waals surface area contributed by atoms with Crippen molar-refractivity contribution in [3.05, 3.63) is 35.7 Å². The number of pyridine rings is 2. The van der Waals surface area contributed by atoms with Crippen molar-refractivity contribution >= 4 is 35.8 Å². The fraction of sp³-hybridized carbons (Fsp3) is 0.706. The molecule has 0 saturated carbocycles. The van der Waals surface area contributed by atoms with Gasteiger partial charge in [0.2, 0.25) is 0 Å². The maximum absolute atomic E-state index is 12.5. The number of nitrogens with two attached hydrogens (primary N) is 1. The quantitative estimate of drug-likeness (QED) is 0.156. The Balaban J connectivity index is 0. The van der Waals surface area contributed by atoms with Gasteiger partial charge in [-0.1, -0.05) is 27.7 Å². The summed E-state index contributed by atoms with van der Waals surface area (Å²) >= 11 is 0. The second-order valence-corrected chi connectivity index (χ2v) is 14.8. The lowest BCUT2D eigenvalue weighted by molar-refractivity contribution is 0.170. The second-order valence-electron chi connectivity index (χ2n) is 12.8. The summed E-state index contributed by atoms with van der Waals surface area (Å²) in [4.78, 5) is 8.63. The minimum absolute atomic E-state index is 0. The van der Waals surface area contributed by atoms with Gasteiger partial charge in [-0.05, 0) is 68.7 Å². The van der Waals surface area contributed by atoms with Crippen LogP contribution in [0.4, 0.5) is 0 Å². The number of hydrogen-bond acceptors (Lipinski definition) is 10. The van der Waals surface area contributed by atoms with E-state index in [0.717, 1.165) is 30.4 Å². The summed E-state index contributed by atoms with van der Waals surface area (Å²) < 4.78 is 47.5. The molecule has 2 aromatic heterocycles. The number of nitrogens with one attached hydrogen (secondary N) is 1. The molecule has 2 aromatic rings. The zero-order valence-corrected chi connectivity index (χ0v) is 33.3. The molecule has 2 rings (SSSR count). The average Bonchev–Trinajstić information content (AvgIpc) is 3.01. The fourth-order valence-electron chi connectivity index (χ4n) is 3.94. The van der Waals surface area contributed by atoms with Crippen molar-refractivity contribution in [3.63, 3.8) is 0 Å². The first-order valence-corrected chi connectivity index (χ1v) is 17.1. The number of hydrogen-bond donors (Lipinski definition) is 2. The molecule has 0 aliphatic carbocycles. The van der Waals surface area contributed by atoms with E-state index in [-0.39, 0.29) is 41.6 Å². The molecule has 0 fully saturated rings. The van der Waals surface area contributed by atoms with Gasteiger partial charge in [0.15, 0.2) is 11.5 Å². The van der Waals surface area contributed by atoms with Crippen LogP contribution in [0.3, 0.4) is 0 Å². The molecule has 0 spiro atoms. The Morgan fingerprint density at radius 2 is 1.19 bits per heavy atom. The zero-order chi connectivity index (χ0) is 34.7. The van der Waals surface area contributed by atoms with Gasteiger partial charge in [0.1, 0.15) is 0 Å². The Bertz CT molecular complexity index is 1160. The summed E-state index contributed by atoms with van der Waals surface area (Å²) in [5, 5.41) is 0. The lowest BCUT2D eigenvalue weighted by Crippen LogP contribution is -2.43. The van der Waals surface area contributed by atoms with Crippen LogP contribution in [-0.2, 0) is 33.3 Å². The third-order valence-corrected chi connectivity index (χ3v) is 8.67. The van der Waals surface area contributed by atoms with Gasteiger partial charge in [-0.25, -0.2) is 18.9 Å². The normalized spacial score (nSPS) is 13.0. The van der Waals surface area contributed by atoms with E-state index in [1.165, 1.54) is 0 Å². The number of rotatable bonds is 20. The van der Waals surface area contributed by atoms with Gasteiger partial charge < -0.3 is 34.2 Å². The van der Waals surface area contributed by atoms with E-state index >= 15 is 0 Å². The Morgan fingerprint density at radius 3 is 1.54 bits per heavy atom. The van der Waals surface area contributed by atoms with Crippen molar-refractivity contribution in [1.29, 1.82) is 0 Å². The van der Waals surface area contributed by atoms with Crippen molar-refractivity contribution in [1.82, 2.24) is 14.7 Å². The molecule has 280 valence electrons. The predicted octanol–water partition coefficient (Wildman–Crippen LogP) is 6.00. The van der Waals surface area contributed by atoms with Crippen LogP contribution in [0.25, 0.3) is 0 Å². The highest BCUT2D eigenvalue weighted by molar-refractivity contribution is 7.84.